The Morgan fingerprint density at radius 3 is 2.68 bits per heavy atom. The van der Waals surface area contributed by atoms with E-state index >= 15 is 0 Å². The fourth-order valence-corrected chi connectivity index (χ4v) is 1.87. The van der Waals surface area contributed by atoms with Crippen molar-refractivity contribution in [1.29, 1.82) is 0 Å². The van der Waals surface area contributed by atoms with Gasteiger partial charge < -0.3 is 14.6 Å². The SMILES string of the molecule is Cc1cc(NC(=O)COc2c(Cl)cccc2Cl)no1. The summed E-state index contributed by atoms with van der Waals surface area (Å²) < 4.78 is 10.1. The lowest BCUT2D eigenvalue weighted by Gasteiger charge is -2.08. The molecule has 0 saturated heterocycles. The summed E-state index contributed by atoms with van der Waals surface area (Å²) in [5, 5.41) is 6.84. The maximum Gasteiger partial charge on any atom is 0.263 e. The second kappa shape index (κ2) is 5.95. The number of rotatable bonds is 4. The fraction of sp³-hybridized carbons (Fsp3) is 0.167. The number of aromatic nitrogens is 1. The number of carbonyl (C=O) groups excluding carboxylic acids is 1. The van der Waals surface area contributed by atoms with Gasteiger partial charge in [-0.2, -0.15) is 0 Å². The Bertz CT molecular complexity index is 578. The van der Waals surface area contributed by atoms with Crippen molar-refractivity contribution in [2.24, 2.45) is 0 Å². The smallest absolute Gasteiger partial charge is 0.263 e. The van der Waals surface area contributed by atoms with E-state index in [2.05, 4.69) is 10.5 Å². The number of hydrogen-bond acceptors (Lipinski definition) is 4. The molecule has 2 rings (SSSR count). The van der Waals surface area contributed by atoms with Crippen LogP contribution in [0.2, 0.25) is 10.0 Å². The summed E-state index contributed by atoms with van der Waals surface area (Å²) in [6.07, 6.45) is 0. The van der Waals surface area contributed by atoms with Crippen molar-refractivity contribution in [2.45, 2.75) is 6.92 Å². The Morgan fingerprint density at radius 2 is 2.11 bits per heavy atom. The highest BCUT2D eigenvalue weighted by atomic mass is 35.5. The first-order valence-electron chi connectivity index (χ1n) is 5.36. The van der Waals surface area contributed by atoms with E-state index in [1.807, 2.05) is 0 Å². The van der Waals surface area contributed by atoms with E-state index in [0.717, 1.165) is 0 Å². The van der Waals surface area contributed by atoms with Crippen LogP contribution in [0.15, 0.2) is 28.8 Å². The molecule has 1 heterocycles. The third-order valence-electron chi connectivity index (χ3n) is 2.16. The molecule has 0 fully saturated rings. The van der Waals surface area contributed by atoms with Crippen LogP contribution in [0.3, 0.4) is 0 Å². The van der Waals surface area contributed by atoms with Crippen molar-refractivity contribution in [3.05, 3.63) is 40.1 Å². The van der Waals surface area contributed by atoms with E-state index in [4.69, 9.17) is 32.5 Å². The maximum absolute atomic E-state index is 11.6. The van der Waals surface area contributed by atoms with Gasteiger partial charge in [0.25, 0.3) is 5.91 Å². The predicted molar refractivity (Wildman–Crippen MR) is 71.8 cm³/mol. The first kappa shape index (κ1) is 13.7. The normalized spacial score (nSPS) is 10.3. The average Bonchev–Trinajstić information content (AvgIpc) is 2.74. The lowest BCUT2D eigenvalue weighted by molar-refractivity contribution is -0.118. The highest BCUT2D eigenvalue weighted by molar-refractivity contribution is 6.37. The molecule has 0 spiro atoms. The molecule has 0 bridgehead atoms. The van der Waals surface area contributed by atoms with E-state index in [-0.39, 0.29) is 18.3 Å². The number of carbonyl (C=O) groups is 1. The van der Waals surface area contributed by atoms with Gasteiger partial charge in [0, 0.05) is 6.07 Å². The summed E-state index contributed by atoms with van der Waals surface area (Å²) in [7, 11) is 0. The van der Waals surface area contributed by atoms with Crippen molar-refractivity contribution < 1.29 is 14.1 Å². The van der Waals surface area contributed by atoms with Crippen LogP contribution in [0.4, 0.5) is 5.82 Å². The average molecular weight is 301 g/mol. The topological polar surface area (TPSA) is 64.4 Å². The van der Waals surface area contributed by atoms with E-state index < -0.39 is 0 Å². The third-order valence-corrected chi connectivity index (χ3v) is 2.76. The number of benzene rings is 1. The van der Waals surface area contributed by atoms with E-state index in [1.165, 1.54) is 0 Å². The standard InChI is InChI=1S/C12H10Cl2N2O3/c1-7-5-10(16-19-7)15-11(17)6-18-12-8(13)3-2-4-9(12)14/h2-5H,6H2,1H3,(H,15,16,17). The third kappa shape index (κ3) is 3.62. The van der Waals surface area contributed by atoms with Crippen LogP contribution < -0.4 is 10.1 Å². The second-order valence-electron chi connectivity index (χ2n) is 3.71. The summed E-state index contributed by atoms with van der Waals surface area (Å²) in [6.45, 7) is 1.50. The number of para-hydroxylation sites is 1. The minimum atomic E-state index is -0.385. The van der Waals surface area contributed by atoms with Crippen LogP contribution in [-0.4, -0.2) is 17.7 Å². The molecule has 0 unspecified atom stereocenters. The molecular formula is C12H10Cl2N2O3. The first-order chi connectivity index (χ1) is 9.06. The monoisotopic (exact) mass is 300 g/mol. The quantitative estimate of drug-likeness (QED) is 0.941. The Morgan fingerprint density at radius 1 is 1.42 bits per heavy atom. The van der Waals surface area contributed by atoms with Crippen LogP contribution in [-0.2, 0) is 4.79 Å². The minimum Gasteiger partial charge on any atom is -0.481 e. The molecule has 1 N–H and O–H groups in total. The van der Waals surface area contributed by atoms with Gasteiger partial charge in [-0.3, -0.25) is 4.79 Å². The Hall–Kier alpha value is -1.72. The molecule has 1 amide bonds. The van der Waals surface area contributed by atoms with Crippen LogP contribution in [0.25, 0.3) is 0 Å². The molecule has 0 aliphatic heterocycles. The van der Waals surface area contributed by atoms with Crippen molar-refractivity contribution in [1.82, 2.24) is 5.16 Å². The molecule has 7 heteroatoms. The molecule has 0 aliphatic carbocycles. The van der Waals surface area contributed by atoms with Gasteiger partial charge in [0.1, 0.15) is 5.76 Å². The van der Waals surface area contributed by atoms with Gasteiger partial charge >= 0.3 is 0 Å². The highest BCUT2D eigenvalue weighted by Crippen LogP contribution is 2.32. The summed E-state index contributed by atoms with van der Waals surface area (Å²) in [5.41, 5.74) is 0. The molecule has 5 nitrogen and oxygen atoms in total. The molecule has 0 radical (unpaired) electrons. The van der Waals surface area contributed by atoms with Gasteiger partial charge in [0.05, 0.1) is 10.0 Å². The van der Waals surface area contributed by atoms with E-state index in [9.17, 15) is 4.79 Å². The van der Waals surface area contributed by atoms with Gasteiger partial charge in [-0.1, -0.05) is 34.4 Å². The molecule has 0 aliphatic rings. The molecular weight excluding hydrogens is 291 g/mol. The van der Waals surface area contributed by atoms with Crippen LogP contribution in [0.1, 0.15) is 5.76 Å². The summed E-state index contributed by atoms with van der Waals surface area (Å²) in [4.78, 5) is 11.6. The summed E-state index contributed by atoms with van der Waals surface area (Å²) in [5.74, 6) is 0.823. The van der Waals surface area contributed by atoms with Gasteiger partial charge in [0.15, 0.2) is 18.2 Å². The number of halogens is 2. The molecule has 2 aromatic rings. The van der Waals surface area contributed by atoms with Crippen molar-refractivity contribution in [2.75, 3.05) is 11.9 Å². The van der Waals surface area contributed by atoms with E-state index in [0.29, 0.717) is 21.6 Å². The zero-order chi connectivity index (χ0) is 13.8. The minimum absolute atomic E-state index is 0.227. The first-order valence-corrected chi connectivity index (χ1v) is 6.12. The largest absolute Gasteiger partial charge is 0.481 e. The number of anilines is 1. The van der Waals surface area contributed by atoms with Crippen molar-refractivity contribution >= 4 is 34.9 Å². The van der Waals surface area contributed by atoms with Crippen LogP contribution >= 0.6 is 23.2 Å². The van der Waals surface area contributed by atoms with Gasteiger partial charge in [-0.05, 0) is 19.1 Å². The Kier molecular flexibility index (Phi) is 4.29. The molecule has 0 saturated carbocycles. The molecule has 100 valence electrons. The second-order valence-corrected chi connectivity index (χ2v) is 4.52. The lowest BCUT2D eigenvalue weighted by Crippen LogP contribution is -2.20. The maximum atomic E-state index is 11.6. The number of hydrogen-bond donors (Lipinski definition) is 1. The van der Waals surface area contributed by atoms with Crippen molar-refractivity contribution in [3.63, 3.8) is 0 Å². The summed E-state index contributed by atoms with van der Waals surface area (Å²) in [6, 6.07) is 6.54. The molecule has 0 atom stereocenters. The van der Waals surface area contributed by atoms with Gasteiger partial charge in [0.2, 0.25) is 0 Å². The number of nitrogens with zero attached hydrogens (tertiary/aromatic N) is 1. The lowest BCUT2D eigenvalue weighted by atomic mass is 10.3. The zero-order valence-corrected chi connectivity index (χ0v) is 11.5. The predicted octanol–water partition coefficient (Wildman–Crippen LogP) is 3.31. The number of amides is 1. The number of ether oxygens (including phenoxy) is 1. The Balaban J connectivity index is 1.93. The molecule has 1 aromatic carbocycles. The van der Waals surface area contributed by atoms with Crippen LogP contribution in [0, 0.1) is 6.92 Å². The van der Waals surface area contributed by atoms with E-state index in [1.54, 1.807) is 31.2 Å². The number of aryl methyl sites for hydroxylation is 1. The van der Waals surface area contributed by atoms with Crippen molar-refractivity contribution in [3.8, 4) is 5.75 Å². The van der Waals surface area contributed by atoms with Gasteiger partial charge in [-0.15, -0.1) is 0 Å². The molecule has 19 heavy (non-hydrogen) atoms. The summed E-state index contributed by atoms with van der Waals surface area (Å²) >= 11 is 11.8. The zero-order valence-electron chi connectivity index (χ0n) is 9.94. The van der Waals surface area contributed by atoms with Crippen LogP contribution in [0.5, 0.6) is 5.75 Å². The fourth-order valence-electron chi connectivity index (χ4n) is 1.36. The molecule has 1 aromatic heterocycles. The Labute approximate surface area is 119 Å². The van der Waals surface area contributed by atoms with Gasteiger partial charge in [-0.25, -0.2) is 0 Å². The highest BCUT2D eigenvalue weighted by Gasteiger charge is 2.11. The number of nitrogens with one attached hydrogen (secondary N) is 1.